The second-order valence-corrected chi connectivity index (χ2v) is 10.2. The SMILES string of the molecule is CC(=O)Nc1ncc(-c2cccc([C@@]34CCC(c5cc(-c6c(F)cccc6F)nnc53)C4(C)C)n2)cn1. The number of amides is 1. The highest BCUT2D eigenvalue weighted by atomic mass is 19.1. The molecule has 3 heterocycles. The number of pyridine rings is 1. The van der Waals surface area contributed by atoms with Gasteiger partial charge in [0.15, 0.2) is 0 Å². The Balaban J connectivity index is 1.45. The molecule has 0 saturated heterocycles. The van der Waals surface area contributed by atoms with E-state index in [1.165, 1.54) is 25.1 Å². The van der Waals surface area contributed by atoms with Crippen LogP contribution in [-0.2, 0) is 10.2 Å². The van der Waals surface area contributed by atoms with E-state index >= 15 is 0 Å². The van der Waals surface area contributed by atoms with Gasteiger partial charge in [-0.25, -0.2) is 18.7 Å². The third kappa shape index (κ3) is 3.37. The lowest BCUT2D eigenvalue weighted by Crippen LogP contribution is -2.37. The molecule has 7 nitrogen and oxygen atoms in total. The molecule has 0 aliphatic heterocycles. The Bertz CT molecular complexity index is 1530. The number of nitrogens with one attached hydrogen (secondary N) is 1. The van der Waals surface area contributed by atoms with Gasteiger partial charge >= 0.3 is 0 Å². The summed E-state index contributed by atoms with van der Waals surface area (Å²) in [6, 6.07) is 11.4. The number of halogens is 2. The third-order valence-electron chi connectivity index (χ3n) is 8.02. The molecular weight excluding hydrogens is 474 g/mol. The molecule has 186 valence electrons. The van der Waals surface area contributed by atoms with E-state index in [2.05, 4.69) is 39.3 Å². The maximum Gasteiger partial charge on any atom is 0.229 e. The summed E-state index contributed by atoms with van der Waals surface area (Å²) in [4.78, 5) is 24.7. The number of benzene rings is 1. The van der Waals surface area contributed by atoms with Crippen LogP contribution in [0.5, 0.6) is 0 Å². The molecule has 1 fully saturated rings. The van der Waals surface area contributed by atoms with Crippen LogP contribution in [0.3, 0.4) is 0 Å². The topological polar surface area (TPSA) is 93.6 Å². The number of anilines is 1. The summed E-state index contributed by atoms with van der Waals surface area (Å²) in [5.41, 5.74) is 3.37. The normalized spacial score (nSPS) is 21.1. The van der Waals surface area contributed by atoms with Gasteiger partial charge in [0.1, 0.15) is 11.6 Å². The van der Waals surface area contributed by atoms with Crippen LogP contribution in [0, 0.1) is 17.0 Å². The molecule has 1 amide bonds. The molecule has 1 unspecified atom stereocenters. The highest BCUT2D eigenvalue weighted by Crippen LogP contribution is 2.69. The van der Waals surface area contributed by atoms with E-state index in [1.807, 2.05) is 18.2 Å². The summed E-state index contributed by atoms with van der Waals surface area (Å²) < 4.78 is 29.0. The van der Waals surface area contributed by atoms with Crippen molar-refractivity contribution in [1.29, 1.82) is 0 Å². The number of nitrogens with zero attached hydrogens (tertiary/aromatic N) is 5. The van der Waals surface area contributed by atoms with Crippen molar-refractivity contribution in [2.45, 2.75) is 44.9 Å². The smallest absolute Gasteiger partial charge is 0.229 e. The fourth-order valence-electron chi connectivity index (χ4n) is 6.27. The summed E-state index contributed by atoms with van der Waals surface area (Å²) >= 11 is 0. The number of rotatable bonds is 4. The molecule has 0 spiro atoms. The molecule has 4 aromatic rings. The molecule has 0 radical (unpaired) electrons. The fourth-order valence-corrected chi connectivity index (χ4v) is 6.27. The number of carbonyl (C=O) groups excluding carboxylic acids is 1. The maximum absolute atomic E-state index is 14.5. The Morgan fingerprint density at radius 1 is 1.00 bits per heavy atom. The lowest BCUT2D eigenvalue weighted by Gasteiger charge is -2.37. The predicted octanol–water partition coefficient (Wildman–Crippen LogP) is 5.44. The summed E-state index contributed by atoms with van der Waals surface area (Å²) in [5.74, 6) is -1.18. The molecule has 1 aromatic carbocycles. The first-order chi connectivity index (χ1) is 17.7. The van der Waals surface area contributed by atoms with Crippen LogP contribution < -0.4 is 5.32 Å². The van der Waals surface area contributed by atoms with E-state index in [1.54, 1.807) is 18.5 Å². The number of fused-ring (bicyclic) bond motifs is 5. The molecule has 9 heteroatoms. The van der Waals surface area contributed by atoms with Gasteiger partial charge in [-0.05, 0) is 60.1 Å². The minimum Gasteiger partial charge on any atom is -0.295 e. The number of hydrogen-bond acceptors (Lipinski definition) is 6. The Kier molecular flexibility index (Phi) is 5.15. The quantitative estimate of drug-likeness (QED) is 0.403. The van der Waals surface area contributed by atoms with Crippen LogP contribution in [0.15, 0.2) is 54.9 Å². The summed E-state index contributed by atoms with van der Waals surface area (Å²) in [6.07, 6.45) is 5.00. The van der Waals surface area contributed by atoms with Crippen LogP contribution in [-0.4, -0.2) is 31.1 Å². The zero-order chi connectivity index (χ0) is 25.9. The van der Waals surface area contributed by atoms with Crippen molar-refractivity contribution in [3.8, 4) is 22.5 Å². The lowest BCUT2D eigenvalue weighted by atomic mass is 9.66. The van der Waals surface area contributed by atoms with Gasteiger partial charge in [0, 0.05) is 24.9 Å². The predicted molar refractivity (Wildman–Crippen MR) is 133 cm³/mol. The van der Waals surface area contributed by atoms with Crippen molar-refractivity contribution >= 4 is 11.9 Å². The first kappa shape index (κ1) is 23.3. The van der Waals surface area contributed by atoms with Crippen molar-refractivity contribution < 1.29 is 13.6 Å². The largest absolute Gasteiger partial charge is 0.295 e. The van der Waals surface area contributed by atoms with Gasteiger partial charge in [0.2, 0.25) is 11.9 Å². The first-order valence-electron chi connectivity index (χ1n) is 12.1. The van der Waals surface area contributed by atoms with Gasteiger partial charge in [-0.2, -0.15) is 5.10 Å². The number of aromatic nitrogens is 5. The Labute approximate surface area is 212 Å². The molecule has 1 saturated carbocycles. The molecule has 1 N–H and O–H groups in total. The minimum atomic E-state index is -0.660. The monoisotopic (exact) mass is 498 g/mol. The second kappa shape index (κ2) is 8.19. The van der Waals surface area contributed by atoms with Crippen LogP contribution in [0.1, 0.15) is 56.5 Å². The van der Waals surface area contributed by atoms with Crippen LogP contribution in [0.25, 0.3) is 22.5 Å². The number of carbonyl (C=O) groups is 1. The van der Waals surface area contributed by atoms with Crippen molar-refractivity contribution in [3.63, 3.8) is 0 Å². The summed E-state index contributed by atoms with van der Waals surface area (Å²) in [5, 5.41) is 11.5. The van der Waals surface area contributed by atoms with Crippen molar-refractivity contribution in [2.75, 3.05) is 5.32 Å². The van der Waals surface area contributed by atoms with Crippen LogP contribution in [0.4, 0.5) is 14.7 Å². The Hall–Kier alpha value is -4.14. The molecular formula is C28H24F2N6O. The van der Waals surface area contributed by atoms with Crippen LogP contribution in [0.2, 0.25) is 0 Å². The van der Waals surface area contributed by atoms with E-state index < -0.39 is 17.0 Å². The van der Waals surface area contributed by atoms with E-state index in [0.717, 1.165) is 35.4 Å². The number of hydrogen-bond donors (Lipinski definition) is 1. The van der Waals surface area contributed by atoms with Gasteiger partial charge in [0.05, 0.1) is 33.8 Å². The molecule has 37 heavy (non-hydrogen) atoms. The van der Waals surface area contributed by atoms with Crippen molar-refractivity contribution in [3.05, 3.63) is 83.4 Å². The average Bonchev–Trinajstić information content (AvgIpc) is 3.25. The summed E-state index contributed by atoms with van der Waals surface area (Å²) in [7, 11) is 0. The zero-order valence-electron chi connectivity index (χ0n) is 20.6. The van der Waals surface area contributed by atoms with Gasteiger partial charge < -0.3 is 0 Å². The average molecular weight is 499 g/mol. The zero-order valence-corrected chi connectivity index (χ0v) is 20.6. The Morgan fingerprint density at radius 3 is 2.41 bits per heavy atom. The van der Waals surface area contributed by atoms with E-state index in [4.69, 9.17) is 4.98 Å². The van der Waals surface area contributed by atoms with Crippen molar-refractivity contribution in [1.82, 2.24) is 25.1 Å². The molecule has 3 aromatic heterocycles. The highest BCUT2D eigenvalue weighted by Gasteiger charge is 2.65. The molecule has 2 atom stereocenters. The standard InChI is InChI=1S/C28H24F2N6O/c1-15(37)33-26-31-13-16(14-32-26)21-8-5-9-23(34-21)28-11-10-18(27(28,2)3)17-12-22(35-36-25(17)28)24-19(29)6-4-7-20(24)30/h4-9,12-14,18H,10-11H2,1-3H3,(H,31,32,33,37)/t18?,28-/m0/s1. The van der Waals surface area contributed by atoms with Crippen molar-refractivity contribution in [2.24, 2.45) is 5.41 Å². The highest BCUT2D eigenvalue weighted by molar-refractivity contribution is 5.86. The van der Waals surface area contributed by atoms with E-state index in [-0.39, 0.29) is 34.4 Å². The van der Waals surface area contributed by atoms with E-state index in [9.17, 15) is 13.6 Å². The minimum absolute atomic E-state index is 0.150. The third-order valence-corrected chi connectivity index (χ3v) is 8.02. The van der Waals surface area contributed by atoms with Gasteiger partial charge in [-0.3, -0.25) is 15.1 Å². The maximum atomic E-state index is 14.5. The molecule has 2 bridgehead atoms. The van der Waals surface area contributed by atoms with Gasteiger partial charge in [-0.15, -0.1) is 5.10 Å². The summed E-state index contributed by atoms with van der Waals surface area (Å²) in [6.45, 7) is 5.81. The molecule has 6 rings (SSSR count). The first-order valence-corrected chi connectivity index (χ1v) is 12.1. The lowest BCUT2D eigenvalue weighted by molar-refractivity contribution is -0.114. The van der Waals surface area contributed by atoms with Crippen LogP contribution >= 0.6 is 0 Å². The van der Waals surface area contributed by atoms with E-state index in [0.29, 0.717) is 5.69 Å². The van der Waals surface area contributed by atoms with Gasteiger partial charge in [-0.1, -0.05) is 26.0 Å². The molecule has 2 aliphatic carbocycles. The second-order valence-electron chi connectivity index (χ2n) is 10.2. The molecule has 2 aliphatic rings. The van der Waals surface area contributed by atoms with Gasteiger partial charge in [0.25, 0.3) is 0 Å². The fraction of sp³-hybridized carbons (Fsp3) is 0.286. The Morgan fingerprint density at radius 2 is 1.70 bits per heavy atom.